The Morgan fingerprint density at radius 3 is 2.59 bits per heavy atom. The highest BCUT2D eigenvalue weighted by Crippen LogP contribution is 2.33. The predicted octanol–water partition coefficient (Wildman–Crippen LogP) is 4.58. The number of fused-ring (bicyclic) bond motifs is 1. The Morgan fingerprint density at radius 1 is 1.03 bits per heavy atom. The van der Waals surface area contributed by atoms with Gasteiger partial charge in [0, 0.05) is 41.3 Å². The molecule has 1 saturated heterocycles. The number of carbonyl (C=O) groups is 1. The number of rotatable bonds is 5. The number of morpholine rings is 1. The molecule has 1 fully saturated rings. The third-order valence-electron chi connectivity index (χ3n) is 6.81. The molecule has 1 heterocycles. The fraction of sp³-hybridized carbons (Fsp3) is 0.286. The van der Waals surface area contributed by atoms with Gasteiger partial charge in [-0.25, -0.2) is 0 Å². The second kappa shape index (κ2) is 9.69. The van der Waals surface area contributed by atoms with Crippen LogP contribution < -0.4 is 16.0 Å². The first kappa shape index (κ1) is 22.2. The van der Waals surface area contributed by atoms with Gasteiger partial charge in [-0.05, 0) is 60.7 Å². The molecule has 2 aliphatic rings. The summed E-state index contributed by atoms with van der Waals surface area (Å²) in [5.41, 5.74) is 12.7. The molecular formula is C28H30N4O2. The molecule has 0 bridgehead atoms. The average molecular weight is 455 g/mol. The summed E-state index contributed by atoms with van der Waals surface area (Å²) in [5, 5.41) is 11.8. The van der Waals surface area contributed by atoms with E-state index in [1.165, 1.54) is 5.56 Å². The van der Waals surface area contributed by atoms with E-state index < -0.39 is 0 Å². The van der Waals surface area contributed by atoms with Gasteiger partial charge >= 0.3 is 0 Å². The number of ether oxygens (including phenoxy) is 1. The molecule has 6 heteroatoms. The summed E-state index contributed by atoms with van der Waals surface area (Å²) in [6.07, 6.45) is 2.87. The Morgan fingerprint density at radius 2 is 1.79 bits per heavy atom. The van der Waals surface area contributed by atoms with Crippen molar-refractivity contribution in [3.05, 3.63) is 89.0 Å². The van der Waals surface area contributed by atoms with Crippen molar-refractivity contribution in [2.45, 2.75) is 25.2 Å². The van der Waals surface area contributed by atoms with Gasteiger partial charge in [0.2, 0.25) is 5.91 Å². The van der Waals surface area contributed by atoms with E-state index in [9.17, 15) is 4.79 Å². The molecule has 3 aromatic rings. The summed E-state index contributed by atoms with van der Waals surface area (Å²) in [5.74, 6) is -0.164. The molecule has 174 valence electrons. The fourth-order valence-electron chi connectivity index (χ4n) is 4.92. The van der Waals surface area contributed by atoms with Crippen LogP contribution >= 0.6 is 0 Å². The number of benzene rings is 3. The van der Waals surface area contributed by atoms with E-state index in [0.717, 1.165) is 62.4 Å². The summed E-state index contributed by atoms with van der Waals surface area (Å²) in [7, 11) is 0. The highest BCUT2D eigenvalue weighted by molar-refractivity contribution is 6.14. The van der Waals surface area contributed by atoms with Crippen molar-refractivity contribution in [3.63, 3.8) is 0 Å². The first-order valence-corrected chi connectivity index (χ1v) is 11.9. The minimum Gasteiger partial charge on any atom is -0.398 e. The van der Waals surface area contributed by atoms with Gasteiger partial charge < -0.3 is 20.7 Å². The predicted molar refractivity (Wildman–Crippen MR) is 137 cm³/mol. The van der Waals surface area contributed by atoms with Gasteiger partial charge in [-0.15, -0.1) is 0 Å². The van der Waals surface area contributed by atoms with Crippen LogP contribution in [0.5, 0.6) is 0 Å². The van der Waals surface area contributed by atoms with Crippen LogP contribution in [-0.4, -0.2) is 37.9 Å². The van der Waals surface area contributed by atoms with Crippen LogP contribution in [0.2, 0.25) is 0 Å². The minimum absolute atomic E-state index is 0.00994. The molecule has 6 nitrogen and oxygen atoms in total. The number of amides is 1. The SMILES string of the molecule is N=C(c1ccc(N2CCOCC2)cc1)c1cc(NC(=O)C2CCCc3ccccc32)ccc1N. The second-order valence-electron chi connectivity index (χ2n) is 8.96. The first-order chi connectivity index (χ1) is 16.6. The van der Waals surface area contributed by atoms with Gasteiger partial charge in [0.25, 0.3) is 0 Å². The van der Waals surface area contributed by atoms with Crippen LogP contribution in [0.1, 0.15) is 41.0 Å². The summed E-state index contributed by atoms with van der Waals surface area (Å²) >= 11 is 0. The van der Waals surface area contributed by atoms with Crippen molar-refractivity contribution in [3.8, 4) is 0 Å². The molecular weight excluding hydrogens is 424 g/mol. The van der Waals surface area contributed by atoms with Crippen molar-refractivity contribution in [2.75, 3.05) is 42.3 Å². The number of anilines is 3. The van der Waals surface area contributed by atoms with Crippen LogP contribution in [-0.2, 0) is 16.0 Å². The molecule has 1 atom stereocenters. The maximum Gasteiger partial charge on any atom is 0.231 e. The lowest BCUT2D eigenvalue weighted by Crippen LogP contribution is -2.36. The summed E-state index contributed by atoms with van der Waals surface area (Å²) in [6, 6.07) is 21.6. The van der Waals surface area contributed by atoms with E-state index in [2.05, 4.69) is 22.3 Å². The van der Waals surface area contributed by atoms with Crippen LogP contribution in [0.4, 0.5) is 17.1 Å². The van der Waals surface area contributed by atoms with Crippen molar-refractivity contribution in [1.29, 1.82) is 5.41 Å². The second-order valence-corrected chi connectivity index (χ2v) is 8.96. The van der Waals surface area contributed by atoms with E-state index in [-0.39, 0.29) is 11.8 Å². The normalized spacial score (nSPS) is 17.6. The topological polar surface area (TPSA) is 91.4 Å². The van der Waals surface area contributed by atoms with Crippen molar-refractivity contribution < 1.29 is 9.53 Å². The number of nitrogens with zero attached hydrogens (tertiary/aromatic N) is 1. The number of hydrogen-bond donors (Lipinski definition) is 3. The van der Waals surface area contributed by atoms with Gasteiger partial charge in [0.15, 0.2) is 0 Å². The molecule has 1 aliphatic carbocycles. The standard InChI is InChI=1S/C28H30N4O2/c29-26-13-10-21(31-28(33)24-7-3-5-19-4-1-2-6-23(19)24)18-25(26)27(30)20-8-11-22(12-9-20)32-14-16-34-17-15-32/h1-2,4,6,8-13,18,24,30H,3,5,7,14-17,29H2,(H,31,33). The molecule has 5 rings (SSSR count). The smallest absolute Gasteiger partial charge is 0.231 e. The van der Waals surface area contributed by atoms with Gasteiger partial charge in [0.1, 0.15) is 0 Å². The van der Waals surface area contributed by atoms with Crippen molar-refractivity contribution in [1.82, 2.24) is 0 Å². The van der Waals surface area contributed by atoms with E-state index in [1.807, 2.05) is 36.4 Å². The molecule has 1 unspecified atom stereocenters. The Labute approximate surface area is 200 Å². The summed E-state index contributed by atoms with van der Waals surface area (Å²) in [4.78, 5) is 15.4. The molecule has 4 N–H and O–H groups in total. The zero-order valence-corrected chi connectivity index (χ0v) is 19.2. The van der Waals surface area contributed by atoms with E-state index in [4.69, 9.17) is 15.9 Å². The maximum absolute atomic E-state index is 13.1. The first-order valence-electron chi connectivity index (χ1n) is 11.9. The molecule has 0 aromatic heterocycles. The molecule has 34 heavy (non-hydrogen) atoms. The van der Waals surface area contributed by atoms with Gasteiger partial charge in [-0.1, -0.05) is 36.4 Å². The number of nitrogens with one attached hydrogen (secondary N) is 2. The van der Waals surface area contributed by atoms with Gasteiger partial charge in [-0.2, -0.15) is 0 Å². The monoisotopic (exact) mass is 454 g/mol. The number of carbonyl (C=O) groups excluding carboxylic acids is 1. The maximum atomic E-state index is 13.1. The molecule has 0 radical (unpaired) electrons. The molecule has 3 aromatic carbocycles. The van der Waals surface area contributed by atoms with Gasteiger partial charge in [-0.3, -0.25) is 10.2 Å². The largest absolute Gasteiger partial charge is 0.398 e. The van der Waals surface area contributed by atoms with Crippen LogP contribution in [0.3, 0.4) is 0 Å². The number of nitrogens with two attached hydrogens (primary N) is 1. The van der Waals surface area contributed by atoms with Gasteiger partial charge in [0.05, 0.1) is 24.8 Å². The third-order valence-corrected chi connectivity index (χ3v) is 6.81. The summed E-state index contributed by atoms with van der Waals surface area (Å²) < 4.78 is 5.43. The molecule has 1 aliphatic heterocycles. The Kier molecular flexibility index (Phi) is 6.32. The summed E-state index contributed by atoms with van der Waals surface area (Å²) in [6.45, 7) is 3.21. The van der Waals surface area contributed by atoms with Crippen molar-refractivity contribution in [2.24, 2.45) is 0 Å². The number of aryl methyl sites for hydroxylation is 1. The zero-order valence-electron chi connectivity index (χ0n) is 19.2. The third kappa shape index (κ3) is 4.54. The highest BCUT2D eigenvalue weighted by Gasteiger charge is 2.26. The number of nitrogen functional groups attached to an aromatic ring is 1. The molecule has 1 amide bonds. The Hall–Kier alpha value is -3.64. The van der Waals surface area contributed by atoms with Crippen molar-refractivity contribution >= 4 is 28.7 Å². The highest BCUT2D eigenvalue weighted by atomic mass is 16.5. The number of hydrogen-bond acceptors (Lipinski definition) is 5. The van der Waals surface area contributed by atoms with E-state index >= 15 is 0 Å². The fourth-order valence-corrected chi connectivity index (χ4v) is 4.92. The average Bonchev–Trinajstić information content (AvgIpc) is 2.89. The van der Waals surface area contributed by atoms with Crippen LogP contribution in [0.25, 0.3) is 0 Å². The van der Waals surface area contributed by atoms with E-state index in [1.54, 1.807) is 18.2 Å². The van der Waals surface area contributed by atoms with Crippen LogP contribution in [0, 0.1) is 5.41 Å². The molecule has 0 saturated carbocycles. The molecule has 0 spiro atoms. The lowest BCUT2D eigenvalue weighted by atomic mass is 9.82. The quantitative estimate of drug-likeness (QED) is 0.389. The zero-order chi connectivity index (χ0) is 23.5. The Bertz CT molecular complexity index is 1200. The lowest BCUT2D eigenvalue weighted by molar-refractivity contribution is -0.117. The lowest BCUT2D eigenvalue weighted by Gasteiger charge is -2.29. The Balaban J connectivity index is 1.33. The van der Waals surface area contributed by atoms with E-state index in [0.29, 0.717) is 22.6 Å². The van der Waals surface area contributed by atoms with Crippen LogP contribution in [0.15, 0.2) is 66.7 Å². The minimum atomic E-state index is -0.155.